The minimum atomic E-state index is -1.15. The second kappa shape index (κ2) is 2.23. The van der Waals surface area contributed by atoms with Crippen molar-refractivity contribution in [2.75, 3.05) is 0 Å². The highest BCUT2D eigenvalue weighted by molar-refractivity contribution is 5.78. The van der Waals surface area contributed by atoms with Crippen molar-refractivity contribution in [2.45, 2.75) is 33.2 Å². The summed E-state index contributed by atoms with van der Waals surface area (Å²) in [4.78, 5) is 10.5. The first-order valence-electron chi connectivity index (χ1n) is 3.22. The van der Waals surface area contributed by atoms with Crippen LogP contribution in [0.25, 0.3) is 0 Å². The molecule has 0 saturated heterocycles. The van der Waals surface area contributed by atoms with Crippen molar-refractivity contribution in [3.8, 4) is 0 Å². The summed E-state index contributed by atoms with van der Waals surface area (Å²) in [6.45, 7) is 6.94. The monoisotopic (exact) mass is 145 g/mol. The third-order valence-electron chi connectivity index (χ3n) is 2.00. The largest absolute Gasteiger partial charge is 0.480 e. The van der Waals surface area contributed by atoms with E-state index in [1.54, 1.807) is 20.8 Å². The van der Waals surface area contributed by atoms with E-state index >= 15 is 0 Å². The molecule has 0 heterocycles. The van der Waals surface area contributed by atoms with Gasteiger partial charge in [0.25, 0.3) is 0 Å². The molecule has 0 aliphatic rings. The summed E-state index contributed by atoms with van der Waals surface area (Å²) in [5, 5.41) is 8.65. The molecule has 0 saturated carbocycles. The molecule has 3 nitrogen and oxygen atoms in total. The number of carbonyl (C=O) groups is 1. The average molecular weight is 145 g/mol. The predicted octanol–water partition coefficient (Wildman–Crippen LogP) is 0.834. The van der Waals surface area contributed by atoms with E-state index in [1.165, 1.54) is 6.92 Å². The first-order valence-corrected chi connectivity index (χ1v) is 3.22. The fourth-order valence-corrected chi connectivity index (χ4v) is 0.321. The van der Waals surface area contributed by atoms with Gasteiger partial charge in [-0.2, -0.15) is 0 Å². The summed E-state index contributed by atoms with van der Waals surface area (Å²) in [6, 6.07) is 0. The number of nitrogens with two attached hydrogens (primary N) is 1. The Hall–Kier alpha value is -0.570. The van der Waals surface area contributed by atoms with Gasteiger partial charge in [0.15, 0.2) is 0 Å². The van der Waals surface area contributed by atoms with E-state index in [4.69, 9.17) is 10.8 Å². The van der Waals surface area contributed by atoms with Crippen LogP contribution in [-0.4, -0.2) is 16.6 Å². The van der Waals surface area contributed by atoms with E-state index in [-0.39, 0.29) is 0 Å². The molecule has 0 aliphatic heterocycles. The van der Waals surface area contributed by atoms with Crippen LogP contribution in [0, 0.1) is 5.41 Å². The van der Waals surface area contributed by atoms with Crippen molar-refractivity contribution < 1.29 is 9.90 Å². The number of carboxylic acid groups (broad SMARTS) is 1. The van der Waals surface area contributed by atoms with E-state index in [1.807, 2.05) is 0 Å². The molecule has 0 fully saturated rings. The zero-order valence-electron chi connectivity index (χ0n) is 6.93. The zero-order valence-corrected chi connectivity index (χ0v) is 6.93. The maximum Gasteiger partial charge on any atom is 0.323 e. The number of rotatable bonds is 1. The van der Waals surface area contributed by atoms with E-state index in [9.17, 15) is 4.79 Å². The summed E-state index contributed by atoms with van der Waals surface area (Å²) in [5.74, 6) is -0.958. The van der Waals surface area contributed by atoms with Crippen molar-refractivity contribution in [1.29, 1.82) is 0 Å². The molecule has 1 atom stereocenters. The Kier molecular flexibility index (Phi) is 2.11. The maximum atomic E-state index is 10.5. The fraction of sp³-hybridized carbons (Fsp3) is 0.857. The van der Waals surface area contributed by atoms with Crippen LogP contribution in [-0.2, 0) is 4.79 Å². The quantitative estimate of drug-likeness (QED) is 0.574. The van der Waals surface area contributed by atoms with Crippen molar-refractivity contribution >= 4 is 5.97 Å². The first kappa shape index (κ1) is 9.43. The predicted molar refractivity (Wildman–Crippen MR) is 39.7 cm³/mol. The minimum Gasteiger partial charge on any atom is -0.480 e. The molecule has 0 spiro atoms. The molecule has 10 heavy (non-hydrogen) atoms. The average Bonchev–Trinajstić information content (AvgIpc) is 1.62. The Morgan fingerprint density at radius 3 is 1.60 bits per heavy atom. The molecule has 0 bridgehead atoms. The lowest BCUT2D eigenvalue weighted by Crippen LogP contribution is -2.55. The lowest BCUT2D eigenvalue weighted by molar-refractivity contribution is -0.146. The van der Waals surface area contributed by atoms with Crippen LogP contribution in [0.15, 0.2) is 0 Å². The van der Waals surface area contributed by atoms with Gasteiger partial charge in [-0.25, -0.2) is 0 Å². The summed E-state index contributed by atoms with van der Waals surface area (Å²) in [7, 11) is 0. The highest BCUT2D eigenvalue weighted by Gasteiger charge is 2.40. The number of hydrogen-bond acceptors (Lipinski definition) is 2. The molecular weight excluding hydrogens is 130 g/mol. The molecule has 0 unspecified atom stereocenters. The molecule has 0 aliphatic carbocycles. The van der Waals surface area contributed by atoms with Crippen molar-refractivity contribution in [1.82, 2.24) is 0 Å². The van der Waals surface area contributed by atoms with Gasteiger partial charge in [-0.1, -0.05) is 20.8 Å². The van der Waals surface area contributed by atoms with Gasteiger partial charge in [-0.15, -0.1) is 0 Å². The van der Waals surface area contributed by atoms with Gasteiger partial charge in [-0.3, -0.25) is 4.79 Å². The number of aliphatic carboxylic acids is 1. The van der Waals surface area contributed by atoms with Crippen molar-refractivity contribution in [2.24, 2.45) is 11.1 Å². The molecule has 60 valence electrons. The Bertz CT molecular complexity index is 144. The fourth-order valence-electron chi connectivity index (χ4n) is 0.321. The van der Waals surface area contributed by atoms with Crippen LogP contribution in [0.1, 0.15) is 27.7 Å². The van der Waals surface area contributed by atoms with E-state index in [0.29, 0.717) is 0 Å². The smallest absolute Gasteiger partial charge is 0.323 e. The first-order chi connectivity index (χ1) is 4.19. The maximum absolute atomic E-state index is 10.5. The SMILES string of the molecule is CC(C)(C)[C@](C)(N)C(=O)O. The molecule has 0 aromatic heterocycles. The molecule has 3 heteroatoms. The van der Waals surface area contributed by atoms with Crippen LogP contribution in [0.3, 0.4) is 0 Å². The van der Waals surface area contributed by atoms with Crippen molar-refractivity contribution in [3.63, 3.8) is 0 Å². The molecule has 0 radical (unpaired) electrons. The number of hydrogen-bond donors (Lipinski definition) is 2. The van der Waals surface area contributed by atoms with Gasteiger partial charge >= 0.3 is 5.97 Å². The summed E-state index contributed by atoms with van der Waals surface area (Å²) >= 11 is 0. The molecule has 0 rings (SSSR count). The van der Waals surface area contributed by atoms with Crippen LogP contribution >= 0.6 is 0 Å². The Morgan fingerprint density at radius 1 is 1.30 bits per heavy atom. The molecule has 0 aromatic rings. The molecule has 3 N–H and O–H groups in total. The Morgan fingerprint density at radius 2 is 1.60 bits per heavy atom. The standard InChI is InChI=1S/C7H15NO2/c1-6(2,3)7(4,8)5(9)10/h8H2,1-4H3,(H,9,10)/t7-/m1/s1. The van der Waals surface area contributed by atoms with Gasteiger partial charge in [0.1, 0.15) is 5.54 Å². The second-order valence-electron chi connectivity index (χ2n) is 3.76. The minimum absolute atomic E-state index is 0.404. The van der Waals surface area contributed by atoms with Gasteiger partial charge in [0.05, 0.1) is 0 Å². The topological polar surface area (TPSA) is 63.3 Å². The highest BCUT2D eigenvalue weighted by atomic mass is 16.4. The summed E-state index contributed by atoms with van der Waals surface area (Å²) < 4.78 is 0. The third-order valence-corrected chi connectivity index (χ3v) is 2.00. The lowest BCUT2D eigenvalue weighted by Gasteiger charge is -2.33. The van der Waals surface area contributed by atoms with Gasteiger partial charge in [0.2, 0.25) is 0 Å². The van der Waals surface area contributed by atoms with Crippen LogP contribution in [0.2, 0.25) is 0 Å². The molecule has 0 amide bonds. The Labute approximate surface area is 61.2 Å². The van der Waals surface area contributed by atoms with Crippen LogP contribution in [0.5, 0.6) is 0 Å². The highest BCUT2D eigenvalue weighted by Crippen LogP contribution is 2.27. The second-order valence-corrected chi connectivity index (χ2v) is 3.76. The normalized spacial score (nSPS) is 18.1. The van der Waals surface area contributed by atoms with Gasteiger partial charge < -0.3 is 10.8 Å². The summed E-state index contributed by atoms with van der Waals surface area (Å²) in [5.41, 5.74) is 3.99. The van der Waals surface area contributed by atoms with Gasteiger partial charge in [-0.05, 0) is 12.3 Å². The van der Waals surface area contributed by atoms with E-state index < -0.39 is 16.9 Å². The van der Waals surface area contributed by atoms with E-state index in [2.05, 4.69) is 0 Å². The van der Waals surface area contributed by atoms with E-state index in [0.717, 1.165) is 0 Å². The number of carboxylic acids is 1. The van der Waals surface area contributed by atoms with Gasteiger partial charge in [0, 0.05) is 0 Å². The van der Waals surface area contributed by atoms with Crippen molar-refractivity contribution in [3.05, 3.63) is 0 Å². The van der Waals surface area contributed by atoms with Crippen LogP contribution in [0.4, 0.5) is 0 Å². The third kappa shape index (κ3) is 1.48. The van der Waals surface area contributed by atoms with Crippen LogP contribution < -0.4 is 5.73 Å². The Balaban J connectivity index is 4.57. The molecular formula is C7H15NO2. The zero-order chi connectivity index (χ0) is 8.58. The summed E-state index contributed by atoms with van der Waals surface area (Å²) in [6.07, 6.45) is 0. The lowest BCUT2D eigenvalue weighted by atomic mass is 9.76. The molecule has 0 aromatic carbocycles.